The standard InChI is InChI=1S/C29H23BrO5/c1-3-33-29(31)27-23-16-21(11-14-26(23)35-28(27)18-7-5-4-6-8-18)34-17-24-22-12-10-20(30)15-19(22)9-13-25(24)32-2/h4-16H,3,17H2,1-2H3. The highest BCUT2D eigenvalue weighted by molar-refractivity contribution is 9.10. The van der Waals surface area contributed by atoms with Gasteiger partial charge in [-0.15, -0.1) is 0 Å². The number of rotatable bonds is 7. The lowest BCUT2D eigenvalue weighted by Crippen LogP contribution is -2.05. The molecule has 0 aliphatic rings. The van der Waals surface area contributed by atoms with Gasteiger partial charge < -0.3 is 18.6 Å². The molecule has 0 aliphatic heterocycles. The Balaban J connectivity index is 1.54. The Bertz CT molecular complexity index is 1520. The van der Waals surface area contributed by atoms with Crippen LogP contribution in [0, 0.1) is 0 Å². The zero-order valence-corrected chi connectivity index (χ0v) is 20.9. The van der Waals surface area contributed by atoms with Gasteiger partial charge in [0.05, 0.1) is 13.7 Å². The molecule has 4 aromatic carbocycles. The highest BCUT2D eigenvalue weighted by atomic mass is 79.9. The predicted molar refractivity (Wildman–Crippen MR) is 140 cm³/mol. The normalized spacial score (nSPS) is 11.1. The van der Waals surface area contributed by atoms with Crippen LogP contribution in [0.1, 0.15) is 22.8 Å². The van der Waals surface area contributed by atoms with Crippen LogP contribution in [0.5, 0.6) is 11.5 Å². The third kappa shape index (κ3) is 4.49. The molecule has 0 unspecified atom stereocenters. The van der Waals surface area contributed by atoms with Crippen molar-refractivity contribution in [2.24, 2.45) is 0 Å². The summed E-state index contributed by atoms with van der Waals surface area (Å²) in [5.74, 6) is 1.42. The first-order chi connectivity index (χ1) is 17.1. The van der Waals surface area contributed by atoms with Crippen LogP contribution in [0.15, 0.2) is 87.8 Å². The smallest absolute Gasteiger partial charge is 0.342 e. The van der Waals surface area contributed by atoms with Crippen molar-refractivity contribution < 1.29 is 23.4 Å². The monoisotopic (exact) mass is 530 g/mol. The largest absolute Gasteiger partial charge is 0.496 e. The van der Waals surface area contributed by atoms with Gasteiger partial charge in [-0.3, -0.25) is 0 Å². The second-order valence-electron chi connectivity index (χ2n) is 7.95. The molecule has 5 aromatic rings. The molecule has 1 aromatic heterocycles. The number of esters is 1. The highest BCUT2D eigenvalue weighted by Crippen LogP contribution is 2.37. The molecule has 0 aliphatic carbocycles. The van der Waals surface area contributed by atoms with Crippen LogP contribution in [0.25, 0.3) is 33.1 Å². The van der Waals surface area contributed by atoms with Crippen molar-refractivity contribution >= 4 is 43.6 Å². The lowest BCUT2D eigenvalue weighted by Gasteiger charge is -2.14. The Labute approximate surface area is 211 Å². The molecule has 0 saturated carbocycles. The predicted octanol–water partition coefficient (Wildman–Crippen LogP) is 7.78. The number of hydrogen-bond acceptors (Lipinski definition) is 5. The minimum Gasteiger partial charge on any atom is -0.496 e. The van der Waals surface area contributed by atoms with E-state index in [9.17, 15) is 4.79 Å². The summed E-state index contributed by atoms with van der Waals surface area (Å²) < 4.78 is 24.3. The maximum atomic E-state index is 12.9. The third-order valence-electron chi connectivity index (χ3n) is 5.83. The molecule has 6 heteroatoms. The SMILES string of the molecule is CCOC(=O)c1c(-c2ccccc2)oc2ccc(OCc3c(OC)ccc4cc(Br)ccc34)cc12. The maximum absolute atomic E-state index is 12.9. The number of fused-ring (bicyclic) bond motifs is 2. The molecule has 5 nitrogen and oxygen atoms in total. The van der Waals surface area contributed by atoms with Crippen LogP contribution in [0.2, 0.25) is 0 Å². The molecule has 0 bridgehead atoms. The summed E-state index contributed by atoms with van der Waals surface area (Å²) in [7, 11) is 1.65. The first kappa shape index (κ1) is 23.0. The molecule has 35 heavy (non-hydrogen) atoms. The second kappa shape index (κ2) is 9.84. The van der Waals surface area contributed by atoms with E-state index in [1.165, 1.54) is 0 Å². The highest BCUT2D eigenvalue weighted by Gasteiger charge is 2.24. The topological polar surface area (TPSA) is 57.9 Å². The molecule has 0 spiro atoms. The van der Waals surface area contributed by atoms with E-state index in [4.69, 9.17) is 18.6 Å². The van der Waals surface area contributed by atoms with Crippen molar-refractivity contribution in [1.82, 2.24) is 0 Å². The molecule has 0 atom stereocenters. The van der Waals surface area contributed by atoms with E-state index >= 15 is 0 Å². The van der Waals surface area contributed by atoms with Crippen molar-refractivity contribution in [2.45, 2.75) is 13.5 Å². The zero-order chi connectivity index (χ0) is 24.4. The van der Waals surface area contributed by atoms with Crippen molar-refractivity contribution in [3.8, 4) is 22.8 Å². The van der Waals surface area contributed by atoms with Crippen molar-refractivity contribution in [1.29, 1.82) is 0 Å². The molecule has 0 fully saturated rings. The molecule has 0 saturated heterocycles. The van der Waals surface area contributed by atoms with Crippen LogP contribution < -0.4 is 9.47 Å². The summed E-state index contributed by atoms with van der Waals surface area (Å²) in [4.78, 5) is 12.9. The van der Waals surface area contributed by atoms with Gasteiger partial charge in [-0.2, -0.15) is 0 Å². The number of ether oxygens (including phenoxy) is 3. The van der Waals surface area contributed by atoms with Gasteiger partial charge in [-0.1, -0.05) is 58.4 Å². The van der Waals surface area contributed by atoms with E-state index < -0.39 is 5.97 Å². The number of methoxy groups -OCH3 is 1. The van der Waals surface area contributed by atoms with Gasteiger partial charge in [0.15, 0.2) is 0 Å². The first-order valence-corrected chi connectivity index (χ1v) is 12.1. The maximum Gasteiger partial charge on any atom is 0.342 e. The van der Waals surface area contributed by atoms with Crippen LogP contribution in [0.3, 0.4) is 0 Å². The molecule has 176 valence electrons. The lowest BCUT2D eigenvalue weighted by molar-refractivity contribution is 0.0528. The van der Waals surface area contributed by atoms with Crippen LogP contribution in [-0.2, 0) is 11.3 Å². The van der Waals surface area contributed by atoms with Gasteiger partial charge in [-0.25, -0.2) is 4.79 Å². The summed E-state index contributed by atoms with van der Waals surface area (Å²) in [5, 5.41) is 2.78. The summed E-state index contributed by atoms with van der Waals surface area (Å²) in [6.45, 7) is 2.35. The molecule has 5 rings (SSSR count). The van der Waals surface area contributed by atoms with Crippen molar-refractivity contribution in [3.05, 3.63) is 94.5 Å². The van der Waals surface area contributed by atoms with Crippen LogP contribution in [0.4, 0.5) is 0 Å². The Kier molecular flexibility index (Phi) is 6.47. The summed E-state index contributed by atoms with van der Waals surface area (Å²) in [6, 6.07) is 25.1. The van der Waals surface area contributed by atoms with E-state index in [1.54, 1.807) is 14.0 Å². The van der Waals surface area contributed by atoms with Gasteiger partial charge in [-0.05, 0) is 54.1 Å². The fraction of sp³-hybridized carbons (Fsp3) is 0.138. The average Bonchev–Trinajstić information content (AvgIpc) is 3.26. The number of benzene rings is 4. The average molecular weight is 531 g/mol. The van der Waals surface area contributed by atoms with E-state index in [-0.39, 0.29) is 6.61 Å². The van der Waals surface area contributed by atoms with E-state index in [0.29, 0.717) is 34.6 Å². The minimum absolute atomic E-state index is 0.271. The number of carbonyl (C=O) groups is 1. The summed E-state index contributed by atoms with van der Waals surface area (Å²) in [6.07, 6.45) is 0. The fourth-order valence-corrected chi connectivity index (χ4v) is 4.58. The van der Waals surface area contributed by atoms with Crippen molar-refractivity contribution in [3.63, 3.8) is 0 Å². The second-order valence-corrected chi connectivity index (χ2v) is 8.87. The van der Waals surface area contributed by atoms with E-state index in [0.717, 1.165) is 32.1 Å². The van der Waals surface area contributed by atoms with Crippen LogP contribution >= 0.6 is 15.9 Å². The van der Waals surface area contributed by atoms with Crippen LogP contribution in [-0.4, -0.2) is 19.7 Å². The number of furan rings is 1. The molecule has 0 N–H and O–H groups in total. The minimum atomic E-state index is -0.427. The molecule has 1 heterocycles. The number of hydrogen-bond donors (Lipinski definition) is 0. The Morgan fingerprint density at radius 1 is 0.943 bits per heavy atom. The third-order valence-corrected chi connectivity index (χ3v) is 6.32. The summed E-state index contributed by atoms with van der Waals surface area (Å²) in [5.41, 5.74) is 2.74. The fourth-order valence-electron chi connectivity index (χ4n) is 4.21. The molecule has 0 radical (unpaired) electrons. The molecular formula is C29H23BrO5. The Morgan fingerprint density at radius 2 is 1.77 bits per heavy atom. The number of halogens is 1. The van der Waals surface area contributed by atoms with E-state index in [1.807, 2.05) is 72.8 Å². The summed E-state index contributed by atoms with van der Waals surface area (Å²) >= 11 is 3.53. The molecule has 0 amide bonds. The first-order valence-electron chi connectivity index (χ1n) is 11.3. The van der Waals surface area contributed by atoms with E-state index in [2.05, 4.69) is 22.0 Å². The van der Waals surface area contributed by atoms with Crippen molar-refractivity contribution in [2.75, 3.05) is 13.7 Å². The molecular weight excluding hydrogens is 508 g/mol. The zero-order valence-electron chi connectivity index (χ0n) is 19.3. The van der Waals surface area contributed by atoms with Gasteiger partial charge in [0, 0.05) is 21.0 Å². The van der Waals surface area contributed by atoms with Gasteiger partial charge >= 0.3 is 5.97 Å². The van der Waals surface area contributed by atoms with Gasteiger partial charge in [0.2, 0.25) is 0 Å². The van der Waals surface area contributed by atoms with Gasteiger partial charge in [0.1, 0.15) is 35.0 Å². The quantitative estimate of drug-likeness (QED) is 0.201. The Hall–Kier alpha value is -3.77. The van der Waals surface area contributed by atoms with Gasteiger partial charge in [0.25, 0.3) is 0 Å². The Morgan fingerprint density at radius 3 is 2.54 bits per heavy atom. The number of carbonyl (C=O) groups excluding carboxylic acids is 1. The lowest BCUT2D eigenvalue weighted by atomic mass is 10.0.